The number of aromatic nitrogens is 1. The highest BCUT2D eigenvalue weighted by Gasteiger charge is 2.41. The fourth-order valence-electron chi connectivity index (χ4n) is 4.58. The highest BCUT2D eigenvalue weighted by atomic mass is 16.2. The lowest BCUT2D eigenvalue weighted by Crippen LogP contribution is -2.27. The Labute approximate surface area is 164 Å². The maximum absolute atomic E-state index is 12.7. The van der Waals surface area contributed by atoms with E-state index in [4.69, 9.17) is 11.5 Å². The number of hydrogen-bond donors (Lipinski definition) is 3. The van der Waals surface area contributed by atoms with Crippen LogP contribution in [0.4, 0.5) is 5.82 Å². The zero-order valence-electron chi connectivity index (χ0n) is 16.1. The Kier molecular flexibility index (Phi) is 3.94. The number of carbonyl (C=O) groups excluding carboxylic acids is 1. The van der Waals surface area contributed by atoms with Crippen LogP contribution in [0.2, 0.25) is 0 Å². The van der Waals surface area contributed by atoms with Gasteiger partial charge in [0.25, 0.3) is 5.91 Å². The van der Waals surface area contributed by atoms with Crippen LogP contribution in [-0.2, 0) is 7.05 Å². The number of hydrogen-bond acceptors (Lipinski definition) is 5. The van der Waals surface area contributed by atoms with E-state index < -0.39 is 0 Å². The molecule has 3 aliphatic rings. The molecule has 2 unspecified atom stereocenters. The van der Waals surface area contributed by atoms with Crippen molar-refractivity contribution in [2.45, 2.75) is 31.2 Å². The molecule has 1 amide bonds. The number of nitrogens with zero attached hydrogens (tertiary/aromatic N) is 3. The molecule has 1 saturated carbocycles. The quantitative estimate of drug-likeness (QED) is 0.758. The minimum atomic E-state index is 0.117. The predicted octanol–water partition coefficient (Wildman–Crippen LogP) is 1.83. The maximum atomic E-state index is 12.7. The van der Waals surface area contributed by atoms with Crippen molar-refractivity contribution in [1.82, 2.24) is 9.47 Å². The van der Waals surface area contributed by atoms with Gasteiger partial charge in [0, 0.05) is 48.9 Å². The molecular formula is C21H26N6O. The molecule has 2 aromatic rings. The predicted molar refractivity (Wildman–Crippen MR) is 111 cm³/mol. The third-order valence-corrected chi connectivity index (χ3v) is 6.20. The van der Waals surface area contributed by atoms with Crippen LogP contribution in [0.5, 0.6) is 0 Å². The van der Waals surface area contributed by atoms with Gasteiger partial charge >= 0.3 is 0 Å². The Balaban J connectivity index is 1.58. The molecule has 1 aromatic carbocycles. The lowest BCUT2D eigenvalue weighted by molar-refractivity contribution is 0.0793. The van der Waals surface area contributed by atoms with Crippen molar-refractivity contribution < 1.29 is 4.79 Å². The summed E-state index contributed by atoms with van der Waals surface area (Å²) in [6.07, 6.45) is 3.17. The van der Waals surface area contributed by atoms with E-state index in [1.807, 2.05) is 29.2 Å². The number of likely N-dealkylation sites (tertiary alicyclic amines) is 1. The third-order valence-electron chi connectivity index (χ3n) is 6.20. The summed E-state index contributed by atoms with van der Waals surface area (Å²) in [7, 11) is 2.06. The first-order chi connectivity index (χ1) is 13.6. The number of carbonyl (C=O) groups is 1. The molecule has 7 heteroatoms. The summed E-state index contributed by atoms with van der Waals surface area (Å²) >= 11 is 0. The highest BCUT2D eigenvalue weighted by molar-refractivity contribution is 6.10. The first kappa shape index (κ1) is 17.3. The summed E-state index contributed by atoms with van der Waals surface area (Å²) in [4.78, 5) is 19.0. The Hall–Kier alpha value is -2.80. The molecule has 2 atom stereocenters. The van der Waals surface area contributed by atoms with Crippen LogP contribution in [0.25, 0.3) is 11.1 Å². The molecule has 2 fully saturated rings. The summed E-state index contributed by atoms with van der Waals surface area (Å²) in [6.45, 7) is 2.19. The van der Waals surface area contributed by atoms with E-state index in [1.54, 1.807) is 0 Å². The molecule has 0 bridgehead atoms. The van der Waals surface area contributed by atoms with Crippen molar-refractivity contribution in [3.05, 3.63) is 41.1 Å². The van der Waals surface area contributed by atoms with Crippen LogP contribution >= 0.6 is 0 Å². The van der Waals surface area contributed by atoms with E-state index >= 15 is 0 Å². The second-order valence-corrected chi connectivity index (χ2v) is 8.00. The SMILES string of the molecule is Cn1c2c(c(-c3ccc(C(=O)N4CCCC4)cc3)c1C1CC1N)C(N)=NCN2. The standard InChI is InChI=1S/C21H26N6O/c1-26-18(14-10-15(14)22)16(17-19(23)24-11-25-20(17)26)12-4-6-13(7-5-12)21(28)27-8-2-3-9-27/h4-7,14-15,25H,2-3,8-11,22H2,1H3,(H2,23,24). The molecule has 3 heterocycles. The Morgan fingerprint density at radius 3 is 2.50 bits per heavy atom. The molecular weight excluding hydrogens is 352 g/mol. The van der Waals surface area contributed by atoms with Crippen LogP contribution < -0.4 is 16.8 Å². The second kappa shape index (κ2) is 6.38. The van der Waals surface area contributed by atoms with Crippen LogP contribution in [0.1, 0.15) is 46.8 Å². The van der Waals surface area contributed by atoms with Gasteiger partial charge in [-0.15, -0.1) is 0 Å². The molecule has 5 rings (SSSR count). The first-order valence-electron chi connectivity index (χ1n) is 9.98. The van der Waals surface area contributed by atoms with Gasteiger partial charge < -0.3 is 26.3 Å². The summed E-state index contributed by atoms with van der Waals surface area (Å²) in [5.74, 6) is 1.99. The average Bonchev–Trinajstić information content (AvgIpc) is 3.10. The van der Waals surface area contributed by atoms with Gasteiger partial charge in [0.1, 0.15) is 18.3 Å². The Bertz CT molecular complexity index is 968. The zero-order chi connectivity index (χ0) is 19.4. The lowest BCUT2D eigenvalue weighted by Gasteiger charge is -2.16. The minimum absolute atomic E-state index is 0.117. The number of benzene rings is 1. The largest absolute Gasteiger partial charge is 0.383 e. The van der Waals surface area contributed by atoms with E-state index in [-0.39, 0.29) is 11.9 Å². The number of fused-ring (bicyclic) bond motifs is 1. The highest BCUT2D eigenvalue weighted by Crippen LogP contribution is 2.48. The maximum Gasteiger partial charge on any atom is 0.253 e. The number of aliphatic imine (C=N–C) groups is 1. The van der Waals surface area contributed by atoms with E-state index in [2.05, 4.69) is 21.9 Å². The number of anilines is 1. The minimum Gasteiger partial charge on any atom is -0.383 e. The average molecular weight is 378 g/mol. The molecule has 7 nitrogen and oxygen atoms in total. The van der Waals surface area contributed by atoms with Gasteiger partial charge in [-0.1, -0.05) is 12.1 Å². The lowest BCUT2D eigenvalue weighted by atomic mass is 9.96. The van der Waals surface area contributed by atoms with E-state index in [9.17, 15) is 4.79 Å². The van der Waals surface area contributed by atoms with Gasteiger partial charge in [0.2, 0.25) is 0 Å². The number of rotatable bonds is 3. The van der Waals surface area contributed by atoms with Crippen LogP contribution in [-0.4, -0.2) is 47.0 Å². The van der Waals surface area contributed by atoms with Gasteiger partial charge in [-0.3, -0.25) is 4.79 Å². The fourth-order valence-corrected chi connectivity index (χ4v) is 4.58. The molecule has 1 saturated heterocycles. The Morgan fingerprint density at radius 2 is 1.86 bits per heavy atom. The smallest absolute Gasteiger partial charge is 0.253 e. The molecule has 2 aliphatic heterocycles. The number of nitrogens with two attached hydrogens (primary N) is 2. The van der Waals surface area contributed by atoms with Gasteiger partial charge in [-0.2, -0.15) is 0 Å². The number of nitrogens with one attached hydrogen (secondary N) is 1. The van der Waals surface area contributed by atoms with Crippen molar-refractivity contribution in [3.8, 4) is 11.1 Å². The third kappa shape index (κ3) is 2.61. The summed E-state index contributed by atoms with van der Waals surface area (Å²) in [5.41, 5.74) is 17.5. The number of amidine groups is 1. The zero-order valence-corrected chi connectivity index (χ0v) is 16.1. The fraction of sp³-hybridized carbons (Fsp3) is 0.429. The topological polar surface area (TPSA) is 102 Å². The van der Waals surface area contributed by atoms with Gasteiger partial charge in [0.15, 0.2) is 0 Å². The van der Waals surface area contributed by atoms with Gasteiger partial charge in [0.05, 0.1) is 5.56 Å². The monoisotopic (exact) mass is 378 g/mol. The van der Waals surface area contributed by atoms with E-state index in [1.165, 1.54) is 5.69 Å². The molecule has 1 aromatic heterocycles. The van der Waals surface area contributed by atoms with Crippen molar-refractivity contribution in [3.63, 3.8) is 0 Å². The molecule has 1 aliphatic carbocycles. The van der Waals surface area contributed by atoms with Crippen molar-refractivity contribution >= 4 is 17.6 Å². The summed E-state index contributed by atoms with van der Waals surface area (Å²) in [6, 6.07) is 8.09. The molecule has 28 heavy (non-hydrogen) atoms. The normalized spacial score (nSPS) is 23.2. The number of amides is 1. The van der Waals surface area contributed by atoms with Gasteiger partial charge in [-0.25, -0.2) is 4.99 Å². The van der Waals surface area contributed by atoms with E-state index in [0.29, 0.717) is 18.4 Å². The van der Waals surface area contributed by atoms with E-state index in [0.717, 1.165) is 60.4 Å². The van der Waals surface area contributed by atoms with Crippen LogP contribution in [0, 0.1) is 0 Å². The first-order valence-corrected chi connectivity index (χ1v) is 9.98. The summed E-state index contributed by atoms with van der Waals surface area (Å²) in [5, 5.41) is 3.35. The van der Waals surface area contributed by atoms with Crippen LogP contribution in [0.3, 0.4) is 0 Å². The Morgan fingerprint density at radius 1 is 1.18 bits per heavy atom. The molecule has 5 N–H and O–H groups in total. The van der Waals surface area contributed by atoms with Crippen molar-refractivity contribution in [2.24, 2.45) is 23.5 Å². The molecule has 0 spiro atoms. The van der Waals surface area contributed by atoms with Gasteiger partial charge in [-0.05, 0) is 37.0 Å². The molecule has 146 valence electrons. The van der Waals surface area contributed by atoms with Crippen molar-refractivity contribution in [2.75, 3.05) is 25.1 Å². The van der Waals surface area contributed by atoms with Crippen molar-refractivity contribution in [1.29, 1.82) is 0 Å². The molecule has 0 radical (unpaired) electrons. The summed E-state index contributed by atoms with van der Waals surface area (Å²) < 4.78 is 2.17. The van der Waals surface area contributed by atoms with Crippen LogP contribution in [0.15, 0.2) is 29.3 Å². The second-order valence-electron chi connectivity index (χ2n) is 8.00.